The van der Waals surface area contributed by atoms with E-state index in [1.54, 1.807) is 0 Å². The van der Waals surface area contributed by atoms with Gasteiger partial charge in [-0.1, -0.05) is 22.0 Å². The Morgan fingerprint density at radius 3 is 3.00 bits per heavy atom. The molecule has 0 bridgehead atoms. The Morgan fingerprint density at radius 1 is 1.62 bits per heavy atom. The van der Waals surface area contributed by atoms with E-state index in [1.807, 2.05) is 31.2 Å². The van der Waals surface area contributed by atoms with Crippen LogP contribution in [-0.2, 0) is 4.74 Å². The maximum atomic E-state index is 5.56. The predicted octanol–water partition coefficient (Wildman–Crippen LogP) is 2.62. The van der Waals surface area contributed by atoms with Crippen molar-refractivity contribution in [2.24, 2.45) is 0 Å². The number of rotatable bonds is 3. The quantitative estimate of drug-likeness (QED) is 0.761. The van der Waals surface area contributed by atoms with Gasteiger partial charge in [0.1, 0.15) is 18.0 Å². The number of benzene rings is 1. The highest BCUT2D eigenvalue weighted by Gasteiger charge is 2.40. The third-order valence-electron chi connectivity index (χ3n) is 1.98. The zero-order chi connectivity index (χ0) is 9.31. The molecule has 0 aliphatic carbocycles. The van der Waals surface area contributed by atoms with Crippen LogP contribution in [0.4, 0.5) is 0 Å². The van der Waals surface area contributed by atoms with Crippen LogP contribution in [0.15, 0.2) is 28.7 Å². The average molecular weight is 243 g/mol. The summed E-state index contributed by atoms with van der Waals surface area (Å²) in [5.41, 5.74) is -0.0394. The molecule has 1 unspecified atom stereocenters. The van der Waals surface area contributed by atoms with Crippen molar-refractivity contribution >= 4 is 15.9 Å². The molecule has 1 aliphatic heterocycles. The van der Waals surface area contributed by atoms with E-state index in [4.69, 9.17) is 9.47 Å². The largest absolute Gasteiger partial charge is 0.490 e. The molecule has 70 valence electrons. The summed E-state index contributed by atoms with van der Waals surface area (Å²) in [5, 5.41) is 0. The second-order valence-corrected chi connectivity index (χ2v) is 4.40. The van der Waals surface area contributed by atoms with Crippen LogP contribution in [0.3, 0.4) is 0 Å². The van der Waals surface area contributed by atoms with Gasteiger partial charge in [-0.2, -0.15) is 0 Å². The smallest absolute Gasteiger partial charge is 0.123 e. The van der Waals surface area contributed by atoms with E-state index in [2.05, 4.69) is 15.9 Å². The monoisotopic (exact) mass is 242 g/mol. The van der Waals surface area contributed by atoms with Crippen LogP contribution in [0, 0.1) is 0 Å². The Balaban J connectivity index is 1.94. The zero-order valence-electron chi connectivity index (χ0n) is 7.42. The summed E-state index contributed by atoms with van der Waals surface area (Å²) in [4.78, 5) is 0. The molecular formula is C10H11BrO2. The number of epoxide rings is 1. The highest BCUT2D eigenvalue weighted by molar-refractivity contribution is 9.10. The minimum Gasteiger partial charge on any atom is -0.490 e. The van der Waals surface area contributed by atoms with E-state index in [0.717, 1.165) is 16.8 Å². The van der Waals surface area contributed by atoms with Gasteiger partial charge in [-0.05, 0) is 25.1 Å². The third kappa shape index (κ3) is 2.45. The van der Waals surface area contributed by atoms with Gasteiger partial charge in [0, 0.05) is 4.47 Å². The first-order valence-electron chi connectivity index (χ1n) is 4.20. The maximum Gasteiger partial charge on any atom is 0.123 e. The second-order valence-electron chi connectivity index (χ2n) is 3.48. The molecule has 1 aromatic rings. The van der Waals surface area contributed by atoms with Crippen molar-refractivity contribution in [3.63, 3.8) is 0 Å². The Labute approximate surface area is 86.0 Å². The maximum absolute atomic E-state index is 5.56. The minimum absolute atomic E-state index is 0.0394. The van der Waals surface area contributed by atoms with Crippen LogP contribution in [0.5, 0.6) is 5.75 Å². The average Bonchev–Trinajstić information content (AvgIpc) is 2.82. The summed E-state index contributed by atoms with van der Waals surface area (Å²) in [6, 6.07) is 7.82. The number of halogens is 1. The number of ether oxygens (including phenoxy) is 2. The van der Waals surface area contributed by atoms with Crippen LogP contribution in [0.2, 0.25) is 0 Å². The normalized spacial score (nSPS) is 25.7. The molecule has 1 aliphatic rings. The first kappa shape index (κ1) is 9.03. The number of hydrogen-bond donors (Lipinski definition) is 0. The van der Waals surface area contributed by atoms with Crippen LogP contribution >= 0.6 is 15.9 Å². The summed E-state index contributed by atoms with van der Waals surface area (Å²) in [7, 11) is 0. The van der Waals surface area contributed by atoms with Crippen molar-refractivity contribution in [2.45, 2.75) is 12.5 Å². The van der Waals surface area contributed by atoms with E-state index in [9.17, 15) is 0 Å². The fourth-order valence-corrected chi connectivity index (χ4v) is 1.38. The van der Waals surface area contributed by atoms with Crippen LogP contribution in [-0.4, -0.2) is 18.8 Å². The third-order valence-corrected chi connectivity index (χ3v) is 2.47. The molecule has 0 N–H and O–H groups in total. The molecule has 2 nitrogen and oxygen atoms in total. The lowest BCUT2D eigenvalue weighted by Gasteiger charge is -2.08. The van der Waals surface area contributed by atoms with Crippen LogP contribution < -0.4 is 4.74 Å². The molecule has 0 spiro atoms. The zero-order valence-corrected chi connectivity index (χ0v) is 9.00. The van der Waals surface area contributed by atoms with Gasteiger partial charge in [-0.15, -0.1) is 0 Å². The van der Waals surface area contributed by atoms with E-state index < -0.39 is 0 Å². The molecule has 13 heavy (non-hydrogen) atoms. The molecule has 2 rings (SSSR count). The molecular weight excluding hydrogens is 232 g/mol. The van der Waals surface area contributed by atoms with E-state index in [-0.39, 0.29) is 5.60 Å². The van der Waals surface area contributed by atoms with E-state index in [1.165, 1.54) is 0 Å². The van der Waals surface area contributed by atoms with Gasteiger partial charge in [0.2, 0.25) is 0 Å². The first-order chi connectivity index (χ1) is 6.18. The van der Waals surface area contributed by atoms with E-state index in [0.29, 0.717) is 6.61 Å². The molecule has 0 amide bonds. The summed E-state index contributed by atoms with van der Waals surface area (Å²) in [5.74, 6) is 0.881. The standard InChI is InChI=1S/C10H11BrO2/c1-10(7-13-10)6-12-9-4-2-3-8(11)5-9/h2-5H,6-7H2,1H3. The van der Waals surface area contributed by atoms with Gasteiger partial charge in [0.15, 0.2) is 0 Å². The SMILES string of the molecule is CC1(COc2cccc(Br)c2)CO1. The summed E-state index contributed by atoms with van der Waals surface area (Å²) in [6.45, 7) is 3.48. The van der Waals surface area contributed by atoms with Gasteiger partial charge >= 0.3 is 0 Å². The Hall–Kier alpha value is -0.540. The van der Waals surface area contributed by atoms with Crippen molar-refractivity contribution in [1.82, 2.24) is 0 Å². The van der Waals surface area contributed by atoms with Crippen LogP contribution in [0.1, 0.15) is 6.92 Å². The predicted molar refractivity (Wildman–Crippen MR) is 54.0 cm³/mol. The van der Waals surface area contributed by atoms with Gasteiger partial charge in [-0.3, -0.25) is 0 Å². The topological polar surface area (TPSA) is 21.8 Å². The lowest BCUT2D eigenvalue weighted by Crippen LogP contribution is -2.16. The van der Waals surface area contributed by atoms with Crippen molar-refractivity contribution in [3.05, 3.63) is 28.7 Å². The molecule has 1 fully saturated rings. The molecule has 1 saturated heterocycles. The Bertz CT molecular complexity index is 308. The molecule has 1 atom stereocenters. The van der Waals surface area contributed by atoms with Crippen molar-refractivity contribution < 1.29 is 9.47 Å². The lowest BCUT2D eigenvalue weighted by molar-refractivity contribution is 0.202. The van der Waals surface area contributed by atoms with Crippen molar-refractivity contribution in [2.75, 3.05) is 13.2 Å². The van der Waals surface area contributed by atoms with Crippen molar-refractivity contribution in [3.8, 4) is 5.75 Å². The Morgan fingerprint density at radius 2 is 2.38 bits per heavy atom. The molecule has 0 radical (unpaired) electrons. The summed E-state index contributed by atoms with van der Waals surface area (Å²) in [6.07, 6.45) is 0. The molecule has 1 aromatic carbocycles. The molecule has 1 heterocycles. The molecule has 0 saturated carbocycles. The van der Waals surface area contributed by atoms with E-state index >= 15 is 0 Å². The molecule has 3 heteroatoms. The van der Waals surface area contributed by atoms with Gasteiger partial charge in [0.25, 0.3) is 0 Å². The summed E-state index contributed by atoms with van der Waals surface area (Å²) < 4.78 is 11.8. The number of hydrogen-bond acceptors (Lipinski definition) is 2. The van der Waals surface area contributed by atoms with Gasteiger partial charge < -0.3 is 9.47 Å². The fourth-order valence-electron chi connectivity index (χ4n) is 0.999. The first-order valence-corrected chi connectivity index (χ1v) is 5.00. The lowest BCUT2D eigenvalue weighted by atomic mass is 10.2. The fraction of sp³-hybridized carbons (Fsp3) is 0.400. The minimum atomic E-state index is -0.0394. The van der Waals surface area contributed by atoms with Crippen LogP contribution in [0.25, 0.3) is 0 Å². The summed E-state index contributed by atoms with van der Waals surface area (Å²) >= 11 is 3.39. The van der Waals surface area contributed by atoms with Gasteiger partial charge in [-0.25, -0.2) is 0 Å². The molecule has 0 aromatic heterocycles. The highest BCUT2D eigenvalue weighted by atomic mass is 79.9. The Kier molecular flexibility index (Phi) is 2.30. The van der Waals surface area contributed by atoms with Crippen molar-refractivity contribution in [1.29, 1.82) is 0 Å². The second kappa shape index (κ2) is 3.31. The van der Waals surface area contributed by atoms with Gasteiger partial charge in [0.05, 0.1) is 6.61 Å². The highest BCUT2D eigenvalue weighted by Crippen LogP contribution is 2.27.